The molecule has 1 saturated carbocycles. The quantitative estimate of drug-likeness (QED) is 0.755. The Morgan fingerprint density at radius 3 is 2.67 bits per heavy atom. The molecule has 1 fully saturated rings. The topological polar surface area (TPSA) is 61.7 Å². The number of ether oxygens (including phenoxy) is 1. The molecule has 1 aromatic carbocycles. The second-order valence-corrected chi connectivity index (χ2v) is 6.17. The van der Waals surface area contributed by atoms with Crippen LogP contribution < -0.4 is 10.1 Å². The zero-order valence-corrected chi connectivity index (χ0v) is 13.1. The molecule has 2 rings (SSSR count). The van der Waals surface area contributed by atoms with Crippen molar-refractivity contribution >= 4 is 0 Å². The predicted molar refractivity (Wildman–Crippen MR) is 83.6 cm³/mol. The lowest BCUT2D eigenvalue weighted by molar-refractivity contribution is -0.00884. The van der Waals surface area contributed by atoms with Gasteiger partial charge in [-0.2, -0.15) is 0 Å². The van der Waals surface area contributed by atoms with Gasteiger partial charge >= 0.3 is 0 Å². The molecule has 0 saturated heterocycles. The summed E-state index contributed by atoms with van der Waals surface area (Å²) in [6.45, 7) is 3.32. The SMILES string of the molecule is CCC1CCC(O)(CNCc2cc(OC)ccc2O)CC1. The van der Waals surface area contributed by atoms with E-state index in [4.69, 9.17) is 4.74 Å². The van der Waals surface area contributed by atoms with Crippen molar-refractivity contribution in [1.82, 2.24) is 5.32 Å². The molecule has 4 nitrogen and oxygen atoms in total. The molecule has 0 bridgehead atoms. The summed E-state index contributed by atoms with van der Waals surface area (Å²) in [5.41, 5.74) is 0.195. The second-order valence-electron chi connectivity index (χ2n) is 6.17. The summed E-state index contributed by atoms with van der Waals surface area (Å²) in [7, 11) is 1.61. The number of hydrogen-bond acceptors (Lipinski definition) is 4. The fraction of sp³-hybridized carbons (Fsp3) is 0.647. The van der Waals surface area contributed by atoms with Crippen molar-refractivity contribution in [2.75, 3.05) is 13.7 Å². The number of hydrogen-bond donors (Lipinski definition) is 3. The van der Waals surface area contributed by atoms with Crippen molar-refractivity contribution in [3.63, 3.8) is 0 Å². The van der Waals surface area contributed by atoms with Gasteiger partial charge in [0.1, 0.15) is 11.5 Å². The van der Waals surface area contributed by atoms with E-state index < -0.39 is 5.60 Å². The molecule has 0 heterocycles. The molecule has 4 heteroatoms. The Kier molecular flexibility index (Phi) is 5.48. The lowest BCUT2D eigenvalue weighted by atomic mass is 9.78. The summed E-state index contributed by atoms with van der Waals surface area (Å²) < 4.78 is 5.16. The van der Waals surface area contributed by atoms with Crippen molar-refractivity contribution in [1.29, 1.82) is 0 Å². The van der Waals surface area contributed by atoms with E-state index in [9.17, 15) is 10.2 Å². The van der Waals surface area contributed by atoms with Crippen LogP contribution in [-0.2, 0) is 6.54 Å². The van der Waals surface area contributed by atoms with Gasteiger partial charge in [-0.1, -0.05) is 13.3 Å². The second kappa shape index (κ2) is 7.14. The number of aromatic hydroxyl groups is 1. The fourth-order valence-corrected chi connectivity index (χ4v) is 3.06. The summed E-state index contributed by atoms with van der Waals surface area (Å²) in [5.74, 6) is 1.75. The molecule has 1 aliphatic rings. The Hall–Kier alpha value is -1.26. The lowest BCUT2D eigenvalue weighted by Gasteiger charge is -2.36. The number of nitrogens with one attached hydrogen (secondary N) is 1. The molecule has 0 amide bonds. The Morgan fingerprint density at radius 1 is 1.33 bits per heavy atom. The normalized spacial score (nSPS) is 25.8. The van der Waals surface area contributed by atoms with E-state index in [0.29, 0.717) is 13.1 Å². The third-order valence-corrected chi connectivity index (χ3v) is 4.67. The molecular formula is C17H27NO3. The molecule has 3 N–H and O–H groups in total. The smallest absolute Gasteiger partial charge is 0.120 e. The highest BCUT2D eigenvalue weighted by Gasteiger charge is 2.32. The number of phenolic OH excluding ortho intramolecular Hbond substituents is 1. The lowest BCUT2D eigenvalue weighted by Crippen LogP contribution is -2.43. The van der Waals surface area contributed by atoms with E-state index in [1.54, 1.807) is 19.2 Å². The molecule has 0 spiro atoms. The van der Waals surface area contributed by atoms with Gasteiger partial charge in [0, 0.05) is 18.7 Å². The maximum atomic E-state index is 10.6. The van der Waals surface area contributed by atoms with Crippen LogP contribution >= 0.6 is 0 Å². The van der Waals surface area contributed by atoms with Gasteiger partial charge in [-0.05, 0) is 49.8 Å². The molecule has 0 atom stereocenters. The van der Waals surface area contributed by atoms with Gasteiger partial charge in [0.25, 0.3) is 0 Å². The first kappa shape index (κ1) is 16.1. The third-order valence-electron chi connectivity index (χ3n) is 4.67. The maximum absolute atomic E-state index is 10.6. The number of rotatable bonds is 6. The Bertz CT molecular complexity index is 453. The average molecular weight is 293 g/mol. The highest BCUT2D eigenvalue weighted by atomic mass is 16.5. The van der Waals surface area contributed by atoms with E-state index in [0.717, 1.165) is 42.9 Å². The molecule has 1 aromatic rings. The van der Waals surface area contributed by atoms with Crippen molar-refractivity contribution in [3.05, 3.63) is 23.8 Å². The van der Waals surface area contributed by atoms with Crippen molar-refractivity contribution in [2.24, 2.45) is 5.92 Å². The summed E-state index contributed by atoms with van der Waals surface area (Å²) in [6.07, 6.45) is 5.16. The molecular weight excluding hydrogens is 266 g/mol. The molecule has 21 heavy (non-hydrogen) atoms. The van der Waals surface area contributed by atoms with Crippen LogP contribution in [0.4, 0.5) is 0 Å². The van der Waals surface area contributed by atoms with Crippen molar-refractivity contribution < 1.29 is 14.9 Å². The van der Waals surface area contributed by atoms with E-state index >= 15 is 0 Å². The van der Waals surface area contributed by atoms with Crippen LogP contribution in [0, 0.1) is 5.92 Å². The van der Waals surface area contributed by atoms with Gasteiger partial charge in [-0.25, -0.2) is 0 Å². The zero-order valence-electron chi connectivity index (χ0n) is 13.1. The first-order valence-corrected chi connectivity index (χ1v) is 7.85. The summed E-state index contributed by atoms with van der Waals surface area (Å²) in [4.78, 5) is 0. The molecule has 0 unspecified atom stereocenters. The largest absolute Gasteiger partial charge is 0.508 e. The van der Waals surface area contributed by atoms with Crippen molar-refractivity contribution in [3.8, 4) is 11.5 Å². The standard InChI is InChI=1S/C17H27NO3/c1-3-13-6-8-17(20,9-7-13)12-18-11-14-10-15(21-2)4-5-16(14)19/h4-5,10,13,18-20H,3,6-9,11-12H2,1-2H3. The van der Waals surface area contributed by atoms with Crippen LogP contribution in [0.5, 0.6) is 11.5 Å². The average Bonchev–Trinajstić information content (AvgIpc) is 2.50. The third kappa shape index (κ3) is 4.35. The van der Waals surface area contributed by atoms with Crippen LogP contribution in [0.3, 0.4) is 0 Å². The predicted octanol–water partition coefficient (Wildman–Crippen LogP) is 2.82. The summed E-state index contributed by atoms with van der Waals surface area (Å²) in [6, 6.07) is 5.19. The minimum absolute atomic E-state index is 0.255. The highest BCUT2D eigenvalue weighted by molar-refractivity contribution is 5.39. The summed E-state index contributed by atoms with van der Waals surface area (Å²) in [5, 5.41) is 23.7. The van der Waals surface area contributed by atoms with Gasteiger partial charge in [0.15, 0.2) is 0 Å². The fourth-order valence-electron chi connectivity index (χ4n) is 3.06. The first-order valence-electron chi connectivity index (χ1n) is 7.85. The first-order chi connectivity index (χ1) is 10.1. The number of methoxy groups -OCH3 is 1. The Morgan fingerprint density at radius 2 is 2.05 bits per heavy atom. The van der Waals surface area contributed by atoms with Crippen LogP contribution in [0.1, 0.15) is 44.6 Å². The minimum Gasteiger partial charge on any atom is -0.508 e. The molecule has 0 aromatic heterocycles. The zero-order chi connectivity index (χ0) is 15.3. The monoisotopic (exact) mass is 293 g/mol. The highest BCUT2D eigenvalue weighted by Crippen LogP contribution is 2.33. The molecule has 0 radical (unpaired) electrons. The van der Waals surface area contributed by atoms with Gasteiger partial charge in [-0.15, -0.1) is 0 Å². The van der Waals surface area contributed by atoms with E-state index in [1.807, 2.05) is 6.07 Å². The Labute approximate surface area is 127 Å². The van der Waals surface area contributed by atoms with Crippen LogP contribution in [0.15, 0.2) is 18.2 Å². The maximum Gasteiger partial charge on any atom is 0.120 e. The van der Waals surface area contributed by atoms with E-state index in [-0.39, 0.29) is 5.75 Å². The molecule has 0 aliphatic heterocycles. The van der Waals surface area contributed by atoms with Gasteiger partial charge in [0.2, 0.25) is 0 Å². The number of aliphatic hydroxyl groups is 1. The van der Waals surface area contributed by atoms with E-state index in [1.165, 1.54) is 6.42 Å². The van der Waals surface area contributed by atoms with E-state index in [2.05, 4.69) is 12.2 Å². The van der Waals surface area contributed by atoms with Crippen LogP contribution in [0.25, 0.3) is 0 Å². The van der Waals surface area contributed by atoms with Crippen molar-refractivity contribution in [2.45, 2.75) is 51.2 Å². The summed E-state index contributed by atoms with van der Waals surface area (Å²) >= 11 is 0. The molecule has 1 aliphatic carbocycles. The Balaban J connectivity index is 1.84. The number of benzene rings is 1. The van der Waals surface area contributed by atoms with Gasteiger partial charge in [0.05, 0.1) is 12.7 Å². The molecule has 118 valence electrons. The number of phenols is 1. The van der Waals surface area contributed by atoms with Gasteiger partial charge in [-0.3, -0.25) is 0 Å². The van der Waals surface area contributed by atoms with Crippen LogP contribution in [0.2, 0.25) is 0 Å². The minimum atomic E-state index is -0.597. The van der Waals surface area contributed by atoms with Gasteiger partial charge < -0.3 is 20.3 Å². The van der Waals surface area contributed by atoms with Crippen LogP contribution in [-0.4, -0.2) is 29.5 Å².